The van der Waals surface area contributed by atoms with Crippen molar-refractivity contribution in [2.24, 2.45) is 5.73 Å². The first kappa shape index (κ1) is 13.2. The Kier molecular flexibility index (Phi) is 4.49. The molecule has 1 saturated heterocycles. The van der Waals surface area contributed by atoms with Gasteiger partial charge < -0.3 is 15.7 Å². The zero-order chi connectivity index (χ0) is 13.0. The normalized spacial score (nSPS) is 19.8. The van der Waals surface area contributed by atoms with Crippen molar-refractivity contribution < 1.29 is 5.11 Å². The van der Waals surface area contributed by atoms with E-state index in [1.807, 2.05) is 18.2 Å². The Labute approximate surface area is 113 Å². The van der Waals surface area contributed by atoms with Crippen LogP contribution in [0.2, 0.25) is 0 Å². The summed E-state index contributed by atoms with van der Waals surface area (Å²) >= 11 is 4.96. The van der Waals surface area contributed by atoms with Crippen molar-refractivity contribution in [1.29, 1.82) is 0 Å². The molecule has 1 atom stereocenters. The summed E-state index contributed by atoms with van der Waals surface area (Å²) in [5.41, 5.74) is 6.28. The van der Waals surface area contributed by atoms with Crippen LogP contribution in [0.3, 0.4) is 0 Å². The zero-order valence-electron chi connectivity index (χ0n) is 10.4. The number of hydrogen-bond acceptors (Lipinski definition) is 4. The molecule has 1 aliphatic heterocycles. The fraction of sp³-hybridized carbons (Fsp3) is 0.538. The molecule has 1 aromatic heterocycles. The number of anilines is 1. The Hall–Kier alpha value is -1.20. The summed E-state index contributed by atoms with van der Waals surface area (Å²) < 4.78 is 0. The third-order valence-corrected chi connectivity index (χ3v) is 3.58. The van der Waals surface area contributed by atoms with E-state index in [2.05, 4.69) is 9.88 Å². The molecule has 0 aliphatic carbocycles. The Morgan fingerprint density at radius 1 is 1.50 bits per heavy atom. The van der Waals surface area contributed by atoms with Crippen molar-refractivity contribution in [3.63, 3.8) is 0 Å². The minimum atomic E-state index is 0.218. The van der Waals surface area contributed by atoms with Crippen LogP contribution >= 0.6 is 12.2 Å². The summed E-state index contributed by atoms with van der Waals surface area (Å²) in [6, 6.07) is 6.12. The average Bonchev–Trinajstić information content (AvgIpc) is 2.40. The van der Waals surface area contributed by atoms with E-state index in [1.54, 1.807) is 0 Å². The quantitative estimate of drug-likeness (QED) is 0.807. The van der Waals surface area contributed by atoms with E-state index in [0.29, 0.717) is 16.7 Å². The van der Waals surface area contributed by atoms with Crippen LogP contribution in [0.15, 0.2) is 18.2 Å². The van der Waals surface area contributed by atoms with Crippen LogP contribution < -0.4 is 10.6 Å². The highest BCUT2D eigenvalue weighted by Gasteiger charge is 2.23. The van der Waals surface area contributed by atoms with Gasteiger partial charge in [0.2, 0.25) is 0 Å². The molecular weight excluding hydrogens is 246 g/mol. The Morgan fingerprint density at radius 2 is 2.33 bits per heavy atom. The largest absolute Gasteiger partial charge is 0.396 e. The minimum Gasteiger partial charge on any atom is -0.396 e. The van der Waals surface area contributed by atoms with Crippen molar-refractivity contribution in [3.8, 4) is 0 Å². The van der Waals surface area contributed by atoms with Crippen molar-refractivity contribution in [2.45, 2.75) is 31.7 Å². The second-order valence-corrected chi connectivity index (χ2v) is 5.04. The lowest BCUT2D eigenvalue weighted by molar-refractivity contribution is 0.262. The number of aromatic nitrogens is 1. The summed E-state index contributed by atoms with van der Waals surface area (Å²) in [5.74, 6) is 0.915. The molecule has 1 aliphatic rings. The number of thiocarbonyl (C=S) groups is 1. The third-order valence-electron chi connectivity index (χ3n) is 3.37. The molecule has 1 fully saturated rings. The molecule has 2 rings (SSSR count). The fourth-order valence-corrected chi connectivity index (χ4v) is 2.59. The van der Waals surface area contributed by atoms with Crippen molar-refractivity contribution in [1.82, 2.24) is 4.98 Å². The van der Waals surface area contributed by atoms with Gasteiger partial charge >= 0.3 is 0 Å². The van der Waals surface area contributed by atoms with Gasteiger partial charge in [0, 0.05) is 19.2 Å². The van der Waals surface area contributed by atoms with Crippen LogP contribution in [0.25, 0.3) is 0 Å². The van der Waals surface area contributed by atoms with Gasteiger partial charge in [-0.15, -0.1) is 0 Å². The van der Waals surface area contributed by atoms with Crippen LogP contribution in [0.1, 0.15) is 31.4 Å². The monoisotopic (exact) mass is 265 g/mol. The Bertz CT molecular complexity index is 422. The Balaban J connectivity index is 2.22. The lowest BCUT2D eigenvalue weighted by Gasteiger charge is -2.36. The SMILES string of the molecule is NC(=S)c1cccc(N2CCCCC2CCO)n1. The number of aliphatic hydroxyl groups excluding tert-OH is 1. The van der Waals surface area contributed by atoms with E-state index in [0.717, 1.165) is 25.2 Å². The summed E-state index contributed by atoms with van der Waals surface area (Å²) in [6.07, 6.45) is 4.29. The summed E-state index contributed by atoms with van der Waals surface area (Å²) in [5, 5.41) is 9.14. The topological polar surface area (TPSA) is 62.4 Å². The molecule has 5 heteroatoms. The van der Waals surface area contributed by atoms with Crippen molar-refractivity contribution in [3.05, 3.63) is 23.9 Å². The van der Waals surface area contributed by atoms with Crippen LogP contribution in [-0.2, 0) is 0 Å². The Morgan fingerprint density at radius 3 is 3.06 bits per heavy atom. The van der Waals surface area contributed by atoms with Crippen molar-refractivity contribution >= 4 is 23.0 Å². The number of aliphatic hydroxyl groups is 1. The lowest BCUT2D eigenvalue weighted by Crippen LogP contribution is -2.40. The van der Waals surface area contributed by atoms with Gasteiger partial charge in [0.25, 0.3) is 0 Å². The summed E-state index contributed by atoms with van der Waals surface area (Å²) in [6.45, 7) is 1.20. The van der Waals surface area contributed by atoms with Crippen LogP contribution in [0, 0.1) is 0 Å². The maximum Gasteiger partial charge on any atom is 0.129 e. The molecule has 0 bridgehead atoms. The van der Waals surface area contributed by atoms with Gasteiger partial charge in [-0.25, -0.2) is 4.98 Å². The van der Waals surface area contributed by atoms with Gasteiger partial charge in [-0.2, -0.15) is 0 Å². The van der Waals surface area contributed by atoms with Gasteiger partial charge in [-0.3, -0.25) is 0 Å². The molecule has 0 saturated carbocycles. The molecule has 98 valence electrons. The molecule has 0 radical (unpaired) electrons. The number of hydrogen-bond donors (Lipinski definition) is 2. The molecule has 1 unspecified atom stereocenters. The molecule has 2 heterocycles. The highest BCUT2D eigenvalue weighted by molar-refractivity contribution is 7.80. The first-order valence-electron chi connectivity index (χ1n) is 6.36. The van der Waals surface area contributed by atoms with Crippen molar-refractivity contribution in [2.75, 3.05) is 18.1 Å². The second-order valence-electron chi connectivity index (χ2n) is 4.60. The van der Waals surface area contributed by atoms with Gasteiger partial charge in [0.15, 0.2) is 0 Å². The molecule has 1 aromatic rings. The molecular formula is C13H19N3OS. The molecule has 18 heavy (non-hydrogen) atoms. The summed E-state index contributed by atoms with van der Waals surface area (Å²) in [7, 11) is 0. The zero-order valence-corrected chi connectivity index (χ0v) is 11.2. The van der Waals surface area contributed by atoms with Crippen LogP contribution in [-0.4, -0.2) is 34.3 Å². The smallest absolute Gasteiger partial charge is 0.129 e. The molecule has 3 N–H and O–H groups in total. The lowest BCUT2D eigenvalue weighted by atomic mass is 9.99. The van der Waals surface area contributed by atoms with E-state index in [4.69, 9.17) is 23.1 Å². The first-order chi connectivity index (χ1) is 8.72. The van der Waals surface area contributed by atoms with E-state index >= 15 is 0 Å². The van der Waals surface area contributed by atoms with Gasteiger partial charge in [-0.1, -0.05) is 18.3 Å². The summed E-state index contributed by atoms with van der Waals surface area (Å²) in [4.78, 5) is 7.10. The predicted molar refractivity (Wildman–Crippen MR) is 76.8 cm³/mol. The van der Waals surface area contributed by atoms with E-state index in [9.17, 15) is 0 Å². The van der Waals surface area contributed by atoms with Crippen LogP contribution in [0.5, 0.6) is 0 Å². The number of pyridine rings is 1. The number of rotatable bonds is 4. The first-order valence-corrected chi connectivity index (χ1v) is 6.77. The third kappa shape index (κ3) is 2.97. The van der Waals surface area contributed by atoms with E-state index < -0.39 is 0 Å². The van der Waals surface area contributed by atoms with Crippen LogP contribution in [0.4, 0.5) is 5.82 Å². The highest BCUT2D eigenvalue weighted by atomic mass is 32.1. The van der Waals surface area contributed by atoms with Gasteiger partial charge in [0.05, 0.1) is 5.69 Å². The van der Waals surface area contributed by atoms with Gasteiger partial charge in [0.1, 0.15) is 10.8 Å². The van der Waals surface area contributed by atoms with Gasteiger partial charge in [-0.05, 0) is 37.8 Å². The number of piperidine rings is 1. The number of nitrogens with zero attached hydrogens (tertiary/aromatic N) is 2. The molecule has 0 amide bonds. The fourth-order valence-electron chi connectivity index (χ4n) is 2.47. The molecule has 0 aromatic carbocycles. The number of nitrogens with two attached hydrogens (primary N) is 1. The molecule has 0 spiro atoms. The van der Waals surface area contributed by atoms with E-state index in [1.165, 1.54) is 12.8 Å². The maximum absolute atomic E-state index is 9.14. The van der Waals surface area contributed by atoms with E-state index in [-0.39, 0.29) is 6.61 Å². The predicted octanol–water partition coefficient (Wildman–Crippen LogP) is 1.46. The molecule has 4 nitrogen and oxygen atoms in total. The highest BCUT2D eigenvalue weighted by Crippen LogP contribution is 2.25. The minimum absolute atomic E-state index is 0.218. The standard InChI is InChI=1S/C13H19N3OS/c14-13(18)11-5-3-6-12(15-11)16-8-2-1-4-10(16)7-9-17/h3,5-6,10,17H,1-2,4,7-9H2,(H2,14,18). The maximum atomic E-state index is 9.14. The average molecular weight is 265 g/mol. The second kappa shape index (κ2) is 6.11.